The lowest BCUT2D eigenvalue weighted by Gasteiger charge is -2.21. The van der Waals surface area contributed by atoms with Crippen molar-refractivity contribution in [3.05, 3.63) is 47.9 Å². The van der Waals surface area contributed by atoms with Crippen LogP contribution in [0, 0.1) is 5.92 Å². The van der Waals surface area contributed by atoms with Crippen LogP contribution in [-0.2, 0) is 17.4 Å². The van der Waals surface area contributed by atoms with Gasteiger partial charge < -0.3 is 5.32 Å². The van der Waals surface area contributed by atoms with Crippen molar-refractivity contribution in [3.63, 3.8) is 0 Å². The first-order chi connectivity index (χ1) is 13.9. The van der Waals surface area contributed by atoms with Gasteiger partial charge in [-0.05, 0) is 49.9 Å². The van der Waals surface area contributed by atoms with E-state index >= 15 is 0 Å². The van der Waals surface area contributed by atoms with Crippen LogP contribution in [0.1, 0.15) is 49.8 Å². The van der Waals surface area contributed by atoms with Crippen LogP contribution in [0.2, 0.25) is 0 Å². The molecule has 0 aliphatic heterocycles. The van der Waals surface area contributed by atoms with Gasteiger partial charge in [0.25, 0.3) is 0 Å². The molecule has 1 heterocycles. The van der Waals surface area contributed by atoms with Crippen LogP contribution >= 0.6 is 0 Å². The number of hydrogen-bond donors (Lipinski definition) is 1. The van der Waals surface area contributed by atoms with Crippen molar-refractivity contribution < 1.29 is 18.0 Å². The minimum Gasteiger partial charge on any atom is -0.310 e. The number of halogens is 3. The highest BCUT2D eigenvalue weighted by Gasteiger charge is 2.30. The fourth-order valence-electron chi connectivity index (χ4n) is 3.68. The normalized spacial score (nSPS) is 15.4. The molecule has 1 aliphatic carbocycles. The molecule has 0 bridgehead atoms. The van der Waals surface area contributed by atoms with Gasteiger partial charge in [0.15, 0.2) is 0 Å². The Bertz CT molecular complexity index is 800. The van der Waals surface area contributed by atoms with Crippen LogP contribution in [0.3, 0.4) is 0 Å². The standard InChI is InChI=1S/C22H26F3N3O/c23-22(24,25)18-8-6-17(7-9-18)21-12-19(27-15-28-21)10-11-20(29)14-26-13-16-4-2-1-3-5-16/h6-9,12,15-16,26H,1-5,10-11,13-14H2. The van der Waals surface area contributed by atoms with Crippen LogP contribution in [0.5, 0.6) is 0 Å². The molecule has 1 saturated carbocycles. The summed E-state index contributed by atoms with van der Waals surface area (Å²) in [6.45, 7) is 1.27. The predicted molar refractivity (Wildman–Crippen MR) is 105 cm³/mol. The zero-order chi connectivity index (χ0) is 20.7. The molecule has 1 aromatic heterocycles. The van der Waals surface area contributed by atoms with Gasteiger partial charge in [0, 0.05) is 17.7 Å². The van der Waals surface area contributed by atoms with Crippen molar-refractivity contribution >= 4 is 5.78 Å². The Balaban J connectivity index is 1.48. The molecule has 1 N–H and O–H groups in total. The minimum absolute atomic E-state index is 0.135. The van der Waals surface area contributed by atoms with Crippen molar-refractivity contribution in [1.82, 2.24) is 15.3 Å². The molecule has 0 atom stereocenters. The number of aromatic nitrogens is 2. The molecule has 0 saturated heterocycles. The Labute approximate surface area is 169 Å². The first kappa shape index (κ1) is 21.4. The van der Waals surface area contributed by atoms with Gasteiger partial charge in [0.05, 0.1) is 17.8 Å². The highest BCUT2D eigenvalue weighted by molar-refractivity contribution is 5.80. The van der Waals surface area contributed by atoms with E-state index < -0.39 is 11.7 Å². The van der Waals surface area contributed by atoms with Crippen molar-refractivity contribution in [2.75, 3.05) is 13.1 Å². The summed E-state index contributed by atoms with van der Waals surface area (Å²) in [6, 6.07) is 6.60. The van der Waals surface area contributed by atoms with Crippen LogP contribution < -0.4 is 5.32 Å². The van der Waals surface area contributed by atoms with Gasteiger partial charge in [0.2, 0.25) is 0 Å². The molecule has 156 valence electrons. The van der Waals surface area contributed by atoms with Gasteiger partial charge in [-0.2, -0.15) is 13.2 Å². The molecule has 1 fully saturated rings. The molecular formula is C22H26F3N3O. The van der Waals surface area contributed by atoms with Crippen LogP contribution in [-0.4, -0.2) is 28.8 Å². The zero-order valence-electron chi connectivity index (χ0n) is 16.3. The molecule has 3 rings (SSSR count). The number of nitrogens with zero attached hydrogens (tertiary/aromatic N) is 2. The van der Waals surface area contributed by atoms with Crippen LogP contribution in [0.4, 0.5) is 13.2 Å². The number of alkyl halides is 3. The average Bonchev–Trinajstić information content (AvgIpc) is 2.73. The van der Waals surface area contributed by atoms with Gasteiger partial charge in [0.1, 0.15) is 12.1 Å². The summed E-state index contributed by atoms with van der Waals surface area (Å²) in [5.74, 6) is 0.820. The zero-order valence-corrected chi connectivity index (χ0v) is 16.3. The third kappa shape index (κ3) is 6.63. The molecule has 7 heteroatoms. The van der Waals surface area contributed by atoms with Gasteiger partial charge in [-0.1, -0.05) is 31.4 Å². The number of Topliss-reactive ketones (excluding diaryl/α,β-unsaturated/α-hetero) is 1. The van der Waals surface area contributed by atoms with Gasteiger partial charge >= 0.3 is 6.18 Å². The number of ketones is 1. The van der Waals surface area contributed by atoms with E-state index in [9.17, 15) is 18.0 Å². The number of carbonyl (C=O) groups is 1. The molecule has 0 unspecified atom stereocenters. The Morgan fingerprint density at radius 2 is 1.79 bits per heavy atom. The largest absolute Gasteiger partial charge is 0.416 e. The summed E-state index contributed by atoms with van der Waals surface area (Å²) in [4.78, 5) is 20.5. The van der Waals surface area contributed by atoms with Crippen molar-refractivity contribution in [1.29, 1.82) is 0 Å². The lowest BCUT2D eigenvalue weighted by Crippen LogP contribution is -2.29. The summed E-state index contributed by atoms with van der Waals surface area (Å²) in [5, 5.41) is 3.27. The molecule has 1 aliphatic rings. The SMILES string of the molecule is O=C(CCc1cc(-c2ccc(C(F)(F)F)cc2)ncn1)CNCC1CCCCC1. The highest BCUT2D eigenvalue weighted by atomic mass is 19.4. The van der Waals surface area contributed by atoms with Crippen molar-refractivity contribution in [3.8, 4) is 11.3 Å². The second-order valence-corrected chi connectivity index (χ2v) is 7.64. The monoisotopic (exact) mass is 405 g/mol. The molecule has 1 aromatic carbocycles. The van der Waals surface area contributed by atoms with Gasteiger partial charge in [-0.3, -0.25) is 4.79 Å². The summed E-state index contributed by atoms with van der Waals surface area (Å²) >= 11 is 0. The summed E-state index contributed by atoms with van der Waals surface area (Å²) < 4.78 is 38.1. The fraction of sp³-hybridized carbons (Fsp3) is 0.500. The Hall–Kier alpha value is -2.28. The maximum absolute atomic E-state index is 12.7. The van der Waals surface area contributed by atoms with E-state index in [0.717, 1.165) is 18.7 Å². The van der Waals surface area contributed by atoms with Crippen molar-refractivity contribution in [2.45, 2.75) is 51.1 Å². The number of hydrogen-bond acceptors (Lipinski definition) is 4. The van der Waals surface area contributed by atoms with E-state index in [0.29, 0.717) is 42.3 Å². The topological polar surface area (TPSA) is 54.9 Å². The van der Waals surface area contributed by atoms with Gasteiger partial charge in [-0.25, -0.2) is 9.97 Å². The Morgan fingerprint density at radius 1 is 1.07 bits per heavy atom. The molecule has 29 heavy (non-hydrogen) atoms. The highest BCUT2D eigenvalue weighted by Crippen LogP contribution is 2.30. The second kappa shape index (κ2) is 9.96. The third-order valence-corrected chi connectivity index (χ3v) is 5.37. The number of benzene rings is 1. The third-order valence-electron chi connectivity index (χ3n) is 5.37. The summed E-state index contributed by atoms with van der Waals surface area (Å²) in [6.07, 6.45) is 4.27. The van der Waals surface area contributed by atoms with E-state index in [1.54, 1.807) is 6.07 Å². The van der Waals surface area contributed by atoms with Gasteiger partial charge in [-0.15, -0.1) is 0 Å². The van der Waals surface area contributed by atoms with E-state index in [4.69, 9.17) is 0 Å². The number of aryl methyl sites for hydroxylation is 1. The lowest BCUT2D eigenvalue weighted by atomic mass is 9.89. The Kier molecular flexibility index (Phi) is 7.36. The molecule has 4 nitrogen and oxygen atoms in total. The second-order valence-electron chi connectivity index (χ2n) is 7.64. The summed E-state index contributed by atoms with van der Waals surface area (Å²) in [5.41, 5.74) is 1.14. The predicted octanol–water partition coefficient (Wildman–Crippen LogP) is 4.83. The summed E-state index contributed by atoms with van der Waals surface area (Å²) in [7, 11) is 0. The molecule has 0 spiro atoms. The fourth-order valence-corrected chi connectivity index (χ4v) is 3.68. The Morgan fingerprint density at radius 3 is 2.48 bits per heavy atom. The molecule has 2 aromatic rings. The van der Waals surface area contributed by atoms with E-state index in [2.05, 4.69) is 15.3 Å². The number of rotatable bonds is 8. The van der Waals surface area contributed by atoms with E-state index in [1.165, 1.54) is 50.6 Å². The van der Waals surface area contributed by atoms with Crippen molar-refractivity contribution in [2.24, 2.45) is 5.92 Å². The quantitative estimate of drug-likeness (QED) is 0.683. The molecule has 0 radical (unpaired) electrons. The smallest absolute Gasteiger partial charge is 0.310 e. The van der Waals surface area contributed by atoms with E-state index in [1.807, 2.05) is 0 Å². The van der Waals surface area contributed by atoms with Crippen LogP contribution in [0.15, 0.2) is 36.7 Å². The molecule has 0 amide bonds. The molecular weight excluding hydrogens is 379 g/mol. The minimum atomic E-state index is -4.36. The maximum atomic E-state index is 12.7. The number of nitrogens with one attached hydrogen (secondary N) is 1. The maximum Gasteiger partial charge on any atom is 0.416 e. The number of carbonyl (C=O) groups excluding carboxylic acids is 1. The lowest BCUT2D eigenvalue weighted by molar-refractivity contribution is -0.137. The first-order valence-electron chi connectivity index (χ1n) is 10.1. The van der Waals surface area contributed by atoms with Crippen LogP contribution in [0.25, 0.3) is 11.3 Å². The first-order valence-corrected chi connectivity index (χ1v) is 10.1. The van der Waals surface area contributed by atoms with E-state index in [-0.39, 0.29) is 5.78 Å². The average molecular weight is 405 g/mol.